The lowest BCUT2D eigenvalue weighted by molar-refractivity contribution is 0.103. The molecule has 0 spiro atoms. The molecule has 0 heterocycles. The number of hydrogen-bond donors (Lipinski definition) is 0. The second kappa shape index (κ2) is 7.47. The minimum atomic E-state index is -0.563. The standard InChI is InChI=1S/C22H24F2O/c1-3-15-7-9-16(10-8-15)18-12-11-17(13-20(18)24)22(25)21-14(2)5-4-6-19(21)23/h4-6,11-13,15-16H,3,7-10H2,1-2H3. The van der Waals surface area contributed by atoms with Crippen LogP contribution in [0, 0.1) is 24.5 Å². The highest BCUT2D eigenvalue weighted by Gasteiger charge is 2.24. The van der Waals surface area contributed by atoms with Crippen LogP contribution < -0.4 is 0 Å². The van der Waals surface area contributed by atoms with Crippen molar-refractivity contribution in [2.24, 2.45) is 5.92 Å². The predicted octanol–water partition coefficient (Wildman–Crippen LogP) is 6.19. The van der Waals surface area contributed by atoms with Gasteiger partial charge in [0.2, 0.25) is 0 Å². The van der Waals surface area contributed by atoms with Gasteiger partial charge in [0.1, 0.15) is 11.6 Å². The van der Waals surface area contributed by atoms with Crippen molar-refractivity contribution in [1.29, 1.82) is 0 Å². The molecule has 1 fully saturated rings. The van der Waals surface area contributed by atoms with Gasteiger partial charge < -0.3 is 0 Å². The van der Waals surface area contributed by atoms with E-state index in [4.69, 9.17) is 0 Å². The van der Waals surface area contributed by atoms with Crippen LogP contribution in [-0.2, 0) is 0 Å². The van der Waals surface area contributed by atoms with Crippen LogP contribution in [0.2, 0.25) is 0 Å². The third-order valence-electron chi connectivity index (χ3n) is 5.58. The number of hydrogen-bond acceptors (Lipinski definition) is 1. The van der Waals surface area contributed by atoms with Gasteiger partial charge in [-0.15, -0.1) is 0 Å². The van der Waals surface area contributed by atoms with Crippen molar-refractivity contribution in [3.63, 3.8) is 0 Å². The molecular weight excluding hydrogens is 318 g/mol. The van der Waals surface area contributed by atoms with Crippen molar-refractivity contribution in [3.05, 3.63) is 70.3 Å². The van der Waals surface area contributed by atoms with E-state index in [1.807, 2.05) is 0 Å². The van der Waals surface area contributed by atoms with E-state index in [-0.39, 0.29) is 22.9 Å². The summed E-state index contributed by atoms with van der Waals surface area (Å²) in [5.74, 6) is -0.394. The van der Waals surface area contributed by atoms with Gasteiger partial charge in [0, 0.05) is 5.56 Å². The number of halogens is 2. The Kier molecular flexibility index (Phi) is 5.31. The Labute approximate surface area is 148 Å². The predicted molar refractivity (Wildman–Crippen MR) is 96.0 cm³/mol. The minimum Gasteiger partial charge on any atom is -0.288 e. The lowest BCUT2D eigenvalue weighted by atomic mass is 9.77. The Morgan fingerprint density at radius 1 is 1.04 bits per heavy atom. The zero-order valence-electron chi connectivity index (χ0n) is 14.8. The Hall–Kier alpha value is -2.03. The smallest absolute Gasteiger partial charge is 0.196 e. The van der Waals surface area contributed by atoms with Gasteiger partial charge in [0.25, 0.3) is 0 Å². The molecule has 0 aromatic heterocycles. The summed E-state index contributed by atoms with van der Waals surface area (Å²) in [4.78, 5) is 12.6. The lowest BCUT2D eigenvalue weighted by Gasteiger charge is -2.28. The zero-order valence-corrected chi connectivity index (χ0v) is 14.8. The molecule has 1 aliphatic carbocycles. The van der Waals surface area contributed by atoms with Crippen LogP contribution >= 0.6 is 0 Å². The molecule has 3 heteroatoms. The van der Waals surface area contributed by atoms with Crippen LogP contribution in [0.15, 0.2) is 36.4 Å². The second-order valence-electron chi connectivity index (χ2n) is 7.12. The van der Waals surface area contributed by atoms with Crippen molar-refractivity contribution >= 4 is 5.78 Å². The van der Waals surface area contributed by atoms with Crippen LogP contribution in [0.3, 0.4) is 0 Å². The highest BCUT2D eigenvalue weighted by Crippen LogP contribution is 2.38. The second-order valence-corrected chi connectivity index (χ2v) is 7.12. The van der Waals surface area contributed by atoms with E-state index in [1.165, 1.54) is 18.6 Å². The summed E-state index contributed by atoms with van der Waals surface area (Å²) in [6, 6.07) is 9.14. The summed E-state index contributed by atoms with van der Waals surface area (Å²) in [6.07, 6.45) is 5.44. The average Bonchev–Trinajstić information content (AvgIpc) is 2.61. The number of aryl methyl sites for hydroxylation is 1. The Morgan fingerprint density at radius 2 is 1.76 bits per heavy atom. The SMILES string of the molecule is CCC1CCC(c2ccc(C(=O)c3c(C)cccc3F)cc2F)CC1. The summed E-state index contributed by atoms with van der Waals surface area (Å²) >= 11 is 0. The van der Waals surface area contributed by atoms with Crippen molar-refractivity contribution in [2.45, 2.75) is 51.9 Å². The molecule has 0 aliphatic heterocycles. The normalized spacial score (nSPS) is 20.5. The van der Waals surface area contributed by atoms with Crippen LogP contribution in [0.4, 0.5) is 8.78 Å². The molecule has 25 heavy (non-hydrogen) atoms. The van der Waals surface area contributed by atoms with Gasteiger partial charge in [-0.3, -0.25) is 4.79 Å². The fraction of sp³-hybridized carbons (Fsp3) is 0.409. The third kappa shape index (κ3) is 3.65. The van der Waals surface area contributed by atoms with E-state index in [0.29, 0.717) is 11.1 Å². The highest BCUT2D eigenvalue weighted by atomic mass is 19.1. The third-order valence-corrected chi connectivity index (χ3v) is 5.58. The number of benzene rings is 2. The highest BCUT2D eigenvalue weighted by molar-refractivity contribution is 6.10. The summed E-state index contributed by atoms with van der Waals surface area (Å²) in [5.41, 5.74) is 1.48. The Morgan fingerprint density at radius 3 is 2.36 bits per heavy atom. The number of carbonyl (C=O) groups is 1. The lowest BCUT2D eigenvalue weighted by Crippen LogP contribution is -2.14. The molecule has 0 unspecified atom stereocenters. The first-order chi connectivity index (χ1) is 12.0. The molecule has 0 saturated heterocycles. The van der Waals surface area contributed by atoms with E-state index < -0.39 is 11.6 Å². The maximum atomic E-state index is 14.6. The molecule has 0 bridgehead atoms. The first-order valence-electron chi connectivity index (χ1n) is 9.10. The van der Waals surface area contributed by atoms with E-state index in [1.54, 1.807) is 31.2 Å². The van der Waals surface area contributed by atoms with E-state index in [0.717, 1.165) is 31.6 Å². The molecule has 0 N–H and O–H groups in total. The van der Waals surface area contributed by atoms with Crippen molar-refractivity contribution in [1.82, 2.24) is 0 Å². The van der Waals surface area contributed by atoms with Crippen molar-refractivity contribution in [2.75, 3.05) is 0 Å². The molecule has 132 valence electrons. The van der Waals surface area contributed by atoms with Crippen molar-refractivity contribution < 1.29 is 13.6 Å². The van der Waals surface area contributed by atoms with Gasteiger partial charge in [0.05, 0.1) is 5.56 Å². The zero-order chi connectivity index (χ0) is 18.0. The number of carbonyl (C=O) groups excluding carboxylic acids is 1. The van der Waals surface area contributed by atoms with Gasteiger partial charge in [0.15, 0.2) is 5.78 Å². The summed E-state index contributed by atoms with van der Waals surface area (Å²) in [7, 11) is 0. The van der Waals surface area contributed by atoms with Crippen LogP contribution in [0.1, 0.15) is 72.0 Å². The topological polar surface area (TPSA) is 17.1 Å². The maximum Gasteiger partial charge on any atom is 0.196 e. The molecule has 1 saturated carbocycles. The molecule has 0 atom stereocenters. The van der Waals surface area contributed by atoms with Gasteiger partial charge >= 0.3 is 0 Å². The fourth-order valence-electron chi connectivity index (χ4n) is 3.94. The van der Waals surface area contributed by atoms with E-state index in [9.17, 15) is 13.6 Å². The van der Waals surface area contributed by atoms with Gasteiger partial charge in [-0.25, -0.2) is 8.78 Å². The van der Waals surface area contributed by atoms with Gasteiger partial charge in [-0.05, 0) is 67.7 Å². The summed E-state index contributed by atoms with van der Waals surface area (Å²) < 4.78 is 28.7. The monoisotopic (exact) mass is 342 g/mol. The molecule has 0 amide bonds. The Balaban J connectivity index is 1.84. The quantitative estimate of drug-likeness (QED) is 0.606. The van der Waals surface area contributed by atoms with Crippen LogP contribution in [0.5, 0.6) is 0 Å². The van der Waals surface area contributed by atoms with Gasteiger partial charge in [-0.2, -0.15) is 0 Å². The molecule has 1 aliphatic rings. The number of rotatable bonds is 4. The molecule has 3 rings (SSSR count). The minimum absolute atomic E-state index is 0.0260. The molecule has 2 aromatic rings. The maximum absolute atomic E-state index is 14.6. The van der Waals surface area contributed by atoms with E-state index in [2.05, 4.69) is 6.92 Å². The first-order valence-corrected chi connectivity index (χ1v) is 9.10. The van der Waals surface area contributed by atoms with Crippen molar-refractivity contribution in [3.8, 4) is 0 Å². The largest absolute Gasteiger partial charge is 0.288 e. The molecule has 0 radical (unpaired) electrons. The fourth-order valence-corrected chi connectivity index (χ4v) is 3.94. The van der Waals surface area contributed by atoms with Gasteiger partial charge in [-0.1, -0.05) is 37.6 Å². The van der Waals surface area contributed by atoms with Crippen LogP contribution in [-0.4, -0.2) is 5.78 Å². The summed E-state index contributed by atoms with van der Waals surface area (Å²) in [5, 5.41) is 0. The molecule has 1 nitrogen and oxygen atoms in total. The molecule has 2 aromatic carbocycles. The van der Waals surface area contributed by atoms with Crippen LogP contribution in [0.25, 0.3) is 0 Å². The Bertz CT molecular complexity index is 753. The average molecular weight is 342 g/mol. The van der Waals surface area contributed by atoms with E-state index >= 15 is 0 Å². The number of ketones is 1. The molecular formula is C22H24F2O. The summed E-state index contributed by atoms with van der Waals surface area (Å²) in [6.45, 7) is 3.89. The first kappa shape index (κ1) is 17.8.